The van der Waals surface area contributed by atoms with Crippen LogP contribution in [0.3, 0.4) is 0 Å². The van der Waals surface area contributed by atoms with E-state index in [1.807, 2.05) is 56.3 Å². The van der Waals surface area contributed by atoms with Crippen LogP contribution in [-0.2, 0) is 11.3 Å². The van der Waals surface area contributed by atoms with Crippen LogP contribution in [0.1, 0.15) is 16.7 Å². The molecule has 0 aromatic heterocycles. The quantitative estimate of drug-likeness (QED) is 0.862. The lowest BCUT2D eigenvalue weighted by atomic mass is 10.1. The van der Waals surface area contributed by atoms with Crippen LogP contribution >= 0.6 is 0 Å². The Kier molecular flexibility index (Phi) is 5.42. The summed E-state index contributed by atoms with van der Waals surface area (Å²) in [5, 5.41) is 6.10. The molecule has 0 fully saturated rings. The van der Waals surface area contributed by atoms with Crippen molar-refractivity contribution in [3.8, 4) is 5.75 Å². The van der Waals surface area contributed by atoms with E-state index in [-0.39, 0.29) is 12.5 Å². The summed E-state index contributed by atoms with van der Waals surface area (Å²) in [4.78, 5) is 12.0. The van der Waals surface area contributed by atoms with E-state index < -0.39 is 0 Å². The van der Waals surface area contributed by atoms with Crippen molar-refractivity contribution in [2.45, 2.75) is 20.4 Å². The normalized spacial score (nSPS) is 10.1. The maximum Gasteiger partial charge on any atom is 0.239 e. The molecule has 0 atom stereocenters. The number of methoxy groups -OCH3 is 1. The lowest BCUT2D eigenvalue weighted by molar-refractivity contribution is -0.119. The van der Waals surface area contributed by atoms with Crippen LogP contribution in [0.2, 0.25) is 0 Å². The highest BCUT2D eigenvalue weighted by atomic mass is 16.5. The summed E-state index contributed by atoms with van der Waals surface area (Å²) >= 11 is 0. The first-order valence-corrected chi connectivity index (χ1v) is 7.30. The summed E-state index contributed by atoms with van der Waals surface area (Å²) in [5.41, 5.74) is 4.26. The van der Waals surface area contributed by atoms with Gasteiger partial charge in [-0.2, -0.15) is 0 Å². The molecule has 0 aliphatic rings. The number of ether oxygens (including phenoxy) is 1. The zero-order valence-corrected chi connectivity index (χ0v) is 13.3. The number of carbonyl (C=O) groups excluding carboxylic acids is 1. The van der Waals surface area contributed by atoms with Gasteiger partial charge in [0.15, 0.2) is 0 Å². The molecule has 1 amide bonds. The minimum atomic E-state index is -0.0476. The highest BCUT2D eigenvalue weighted by Gasteiger charge is 2.07. The first-order valence-electron chi connectivity index (χ1n) is 7.30. The molecule has 0 bridgehead atoms. The van der Waals surface area contributed by atoms with Gasteiger partial charge in [-0.15, -0.1) is 0 Å². The number of hydrogen-bond acceptors (Lipinski definition) is 3. The van der Waals surface area contributed by atoms with E-state index in [2.05, 4.69) is 10.6 Å². The topological polar surface area (TPSA) is 50.4 Å². The fraction of sp³-hybridized carbons (Fsp3) is 0.278. The van der Waals surface area contributed by atoms with Crippen molar-refractivity contribution in [2.24, 2.45) is 0 Å². The van der Waals surface area contributed by atoms with Gasteiger partial charge in [-0.3, -0.25) is 4.79 Å². The molecule has 0 heterocycles. The molecule has 0 aliphatic heterocycles. The van der Waals surface area contributed by atoms with Gasteiger partial charge in [0.25, 0.3) is 0 Å². The second-order valence-electron chi connectivity index (χ2n) is 5.21. The molecule has 2 aromatic carbocycles. The van der Waals surface area contributed by atoms with Crippen molar-refractivity contribution in [2.75, 3.05) is 19.0 Å². The number of benzene rings is 2. The largest absolute Gasteiger partial charge is 0.496 e. The SMILES string of the molecule is COc1ccccc1CNC(=O)CNc1c(C)cccc1C. The molecule has 2 rings (SSSR count). The van der Waals surface area contributed by atoms with Crippen molar-refractivity contribution in [3.05, 3.63) is 59.2 Å². The Labute approximate surface area is 131 Å². The predicted molar refractivity (Wildman–Crippen MR) is 89.2 cm³/mol. The van der Waals surface area contributed by atoms with E-state index in [0.717, 1.165) is 28.1 Å². The van der Waals surface area contributed by atoms with Crippen molar-refractivity contribution in [1.29, 1.82) is 0 Å². The summed E-state index contributed by atoms with van der Waals surface area (Å²) < 4.78 is 5.27. The van der Waals surface area contributed by atoms with E-state index in [1.54, 1.807) is 7.11 Å². The minimum absolute atomic E-state index is 0.0476. The molecule has 116 valence electrons. The van der Waals surface area contributed by atoms with Crippen LogP contribution < -0.4 is 15.4 Å². The Morgan fingerprint density at radius 3 is 2.41 bits per heavy atom. The van der Waals surface area contributed by atoms with Crippen molar-refractivity contribution < 1.29 is 9.53 Å². The van der Waals surface area contributed by atoms with Gasteiger partial charge < -0.3 is 15.4 Å². The van der Waals surface area contributed by atoms with Crippen LogP contribution in [0.25, 0.3) is 0 Å². The molecular formula is C18H22N2O2. The summed E-state index contributed by atoms with van der Waals surface area (Å²) in [7, 11) is 1.63. The highest BCUT2D eigenvalue weighted by molar-refractivity contribution is 5.81. The van der Waals surface area contributed by atoms with Gasteiger partial charge in [0.05, 0.1) is 13.7 Å². The third-order valence-electron chi connectivity index (χ3n) is 3.58. The number of carbonyl (C=O) groups is 1. The van der Waals surface area contributed by atoms with E-state index in [9.17, 15) is 4.79 Å². The molecular weight excluding hydrogens is 276 g/mol. The fourth-order valence-corrected chi connectivity index (χ4v) is 2.37. The van der Waals surface area contributed by atoms with E-state index in [4.69, 9.17) is 4.74 Å². The molecule has 0 radical (unpaired) electrons. The number of aryl methyl sites for hydroxylation is 2. The number of amides is 1. The van der Waals surface area contributed by atoms with Crippen LogP contribution in [0.4, 0.5) is 5.69 Å². The Balaban J connectivity index is 1.88. The van der Waals surface area contributed by atoms with Crippen molar-refractivity contribution >= 4 is 11.6 Å². The molecule has 2 N–H and O–H groups in total. The van der Waals surface area contributed by atoms with E-state index in [0.29, 0.717) is 6.54 Å². The molecule has 4 heteroatoms. The van der Waals surface area contributed by atoms with Gasteiger partial charge in [-0.05, 0) is 31.0 Å². The van der Waals surface area contributed by atoms with Gasteiger partial charge >= 0.3 is 0 Å². The molecule has 0 aliphatic carbocycles. The van der Waals surface area contributed by atoms with Crippen LogP contribution in [0.15, 0.2) is 42.5 Å². The molecule has 0 saturated heterocycles. The zero-order valence-electron chi connectivity index (χ0n) is 13.3. The van der Waals surface area contributed by atoms with Gasteiger partial charge in [-0.25, -0.2) is 0 Å². The van der Waals surface area contributed by atoms with E-state index in [1.165, 1.54) is 0 Å². The first kappa shape index (κ1) is 15.9. The maximum atomic E-state index is 12.0. The first-order chi connectivity index (χ1) is 10.6. The zero-order chi connectivity index (χ0) is 15.9. The predicted octanol–water partition coefficient (Wildman–Crippen LogP) is 3.04. The minimum Gasteiger partial charge on any atom is -0.496 e. The average Bonchev–Trinajstić information content (AvgIpc) is 2.52. The summed E-state index contributed by atoms with van der Waals surface area (Å²) in [6.45, 7) is 4.77. The van der Waals surface area contributed by atoms with Gasteiger partial charge in [0, 0.05) is 17.8 Å². The number of nitrogens with one attached hydrogen (secondary N) is 2. The Morgan fingerprint density at radius 2 is 1.73 bits per heavy atom. The Bertz CT molecular complexity index is 633. The molecule has 0 spiro atoms. The molecule has 2 aromatic rings. The third-order valence-corrected chi connectivity index (χ3v) is 3.58. The molecule has 0 unspecified atom stereocenters. The van der Waals surface area contributed by atoms with Crippen molar-refractivity contribution in [1.82, 2.24) is 5.32 Å². The van der Waals surface area contributed by atoms with E-state index >= 15 is 0 Å². The molecule has 22 heavy (non-hydrogen) atoms. The molecule has 0 saturated carbocycles. The van der Waals surface area contributed by atoms with Gasteiger partial charge in [0.1, 0.15) is 5.75 Å². The highest BCUT2D eigenvalue weighted by Crippen LogP contribution is 2.19. The Hall–Kier alpha value is -2.49. The number of hydrogen-bond donors (Lipinski definition) is 2. The average molecular weight is 298 g/mol. The number of para-hydroxylation sites is 2. The van der Waals surface area contributed by atoms with Gasteiger partial charge in [-0.1, -0.05) is 36.4 Å². The number of rotatable bonds is 6. The lowest BCUT2D eigenvalue weighted by Crippen LogP contribution is -2.29. The van der Waals surface area contributed by atoms with Crippen molar-refractivity contribution in [3.63, 3.8) is 0 Å². The second kappa shape index (κ2) is 7.50. The lowest BCUT2D eigenvalue weighted by Gasteiger charge is -2.13. The number of anilines is 1. The van der Waals surface area contributed by atoms with Gasteiger partial charge in [0.2, 0.25) is 5.91 Å². The fourth-order valence-electron chi connectivity index (χ4n) is 2.37. The Morgan fingerprint density at radius 1 is 1.05 bits per heavy atom. The maximum absolute atomic E-state index is 12.0. The summed E-state index contributed by atoms with van der Waals surface area (Å²) in [6, 6.07) is 13.7. The standard InChI is InChI=1S/C18H22N2O2/c1-13-7-6-8-14(2)18(13)20-12-17(21)19-11-15-9-4-5-10-16(15)22-3/h4-10,20H,11-12H2,1-3H3,(H,19,21). The van der Waals surface area contributed by atoms with Crippen LogP contribution in [0, 0.1) is 13.8 Å². The third kappa shape index (κ3) is 4.01. The van der Waals surface area contributed by atoms with Crippen LogP contribution in [0.5, 0.6) is 5.75 Å². The smallest absolute Gasteiger partial charge is 0.239 e. The second-order valence-corrected chi connectivity index (χ2v) is 5.21. The summed E-state index contributed by atoms with van der Waals surface area (Å²) in [6.07, 6.45) is 0. The summed E-state index contributed by atoms with van der Waals surface area (Å²) in [5.74, 6) is 0.735. The van der Waals surface area contributed by atoms with Crippen LogP contribution in [-0.4, -0.2) is 19.6 Å². The molecule has 4 nitrogen and oxygen atoms in total. The monoisotopic (exact) mass is 298 g/mol.